The van der Waals surface area contributed by atoms with Gasteiger partial charge < -0.3 is 10.4 Å². The summed E-state index contributed by atoms with van der Waals surface area (Å²) in [6.07, 6.45) is 0.462. The summed E-state index contributed by atoms with van der Waals surface area (Å²) in [5.41, 5.74) is 0.00973. The molecule has 20 heavy (non-hydrogen) atoms. The molecule has 2 N–H and O–H groups in total. The van der Waals surface area contributed by atoms with Crippen LogP contribution in [0.3, 0.4) is 0 Å². The second-order valence-electron chi connectivity index (χ2n) is 5.54. The average Bonchev–Trinajstić information content (AvgIpc) is 3.17. The van der Waals surface area contributed by atoms with Gasteiger partial charge in [0.1, 0.15) is 11.6 Å². The van der Waals surface area contributed by atoms with Crippen molar-refractivity contribution in [2.75, 3.05) is 6.61 Å². The number of hydrogen-bond acceptors (Lipinski definition) is 2. The summed E-state index contributed by atoms with van der Waals surface area (Å²) in [6.45, 7) is 3.61. The first kappa shape index (κ1) is 14.9. The molecule has 0 bridgehead atoms. The molecule has 110 valence electrons. The van der Waals surface area contributed by atoms with E-state index < -0.39 is 11.6 Å². The van der Waals surface area contributed by atoms with Gasteiger partial charge >= 0.3 is 0 Å². The third-order valence-electron chi connectivity index (χ3n) is 4.01. The van der Waals surface area contributed by atoms with Crippen molar-refractivity contribution in [3.8, 4) is 0 Å². The molecule has 3 nitrogen and oxygen atoms in total. The van der Waals surface area contributed by atoms with Crippen LogP contribution in [0.2, 0.25) is 0 Å². The lowest BCUT2D eigenvalue weighted by molar-refractivity contribution is -0.123. The van der Waals surface area contributed by atoms with Crippen LogP contribution in [-0.2, 0) is 4.79 Å². The van der Waals surface area contributed by atoms with Crippen molar-refractivity contribution in [2.45, 2.75) is 32.2 Å². The Morgan fingerprint density at radius 1 is 1.40 bits per heavy atom. The summed E-state index contributed by atoms with van der Waals surface area (Å²) >= 11 is 0. The highest BCUT2D eigenvalue weighted by Crippen LogP contribution is 2.49. The number of nitrogens with one attached hydrogen (secondary N) is 1. The molecule has 1 fully saturated rings. The van der Waals surface area contributed by atoms with Crippen LogP contribution in [0, 0.1) is 23.5 Å². The molecule has 0 aliphatic heterocycles. The summed E-state index contributed by atoms with van der Waals surface area (Å²) in [5.74, 6) is -2.21. The van der Waals surface area contributed by atoms with Crippen molar-refractivity contribution >= 4 is 5.91 Å². The molecule has 1 aliphatic carbocycles. The lowest BCUT2D eigenvalue weighted by atomic mass is 10.0. The van der Waals surface area contributed by atoms with Crippen molar-refractivity contribution in [1.29, 1.82) is 0 Å². The second kappa shape index (κ2) is 5.87. The predicted octanol–water partition coefficient (Wildman–Crippen LogP) is 2.20. The minimum Gasteiger partial charge on any atom is -0.396 e. The summed E-state index contributed by atoms with van der Waals surface area (Å²) in [6, 6.07) is 3.57. The van der Waals surface area contributed by atoms with E-state index in [4.69, 9.17) is 5.11 Å². The number of halogens is 2. The van der Waals surface area contributed by atoms with E-state index in [1.165, 1.54) is 18.2 Å². The van der Waals surface area contributed by atoms with Gasteiger partial charge in [-0.15, -0.1) is 0 Å². The smallest absolute Gasteiger partial charge is 0.223 e. The van der Waals surface area contributed by atoms with E-state index in [1.807, 2.05) is 6.92 Å². The first-order valence-electron chi connectivity index (χ1n) is 6.80. The zero-order chi connectivity index (χ0) is 14.9. The molecule has 4 unspecified atom stereocenters. The van der Waals surface area contributed by atoms with Gasteiger partial charge in [-0.1, -0.05) is 13.0 Å². The van der Waals surface area contributed by atoms with Gasteiger partial charge in [0.25, 0.3) is 0 Å². The van der Waals surface area contributed by atoms with Gasteiger partial charge in [-0.05, 0) is 31.4 Å². The minimum atomic E-state index is -0.595. The van der Waals surface area contributed by atoms with Gasteiger partial charge in [0.05, 0.1) is 0 Å². The van der Waals surface area contributed by atoms with Crippen LogP contribution in [0.1, 0.15) is 31.7 Å². The Labute approximate surface area is 117 Å². The van der Waals surface area contributed by atoms with Crippen LogP contribution < -0.4 is 5.32 Å². The maximum absolute atomic E-state index is 13.6. The van der Waals surface area contributed by atoms with Gasteiger partial charge in [-0.25, -0.2) is 8.78 Å². The molecule has 0 saturated heterocycles. The minimum absolute atomic E-state index is 0.00973. The average molecular weight is 283 g/mol. The van der Waals surface area contributed by atoms with Gasteiger partial charge in [0, 0.05) is 30.0 Å². The Morgan fingerprint density at radius 3 is 2.55 bits per heavy atom. The van der Waals surface area contributed by atoms with Crippen molar-refractivity contribution in [3.05, 3.63) is 35.4 Å². The molecule has 0 radical (unpaired) electrons. The number of carbonyl (C=O) groups is 1. The van der Waals surface area contributed by atoms with Crippen LogP contribution in [0.5, 0.6) is 0 Å². The molecular weight excluding hydrogens is 264 g/mol. The number of aliphatic hydroxyl groups excluding tert-OH is 1. The molecule has 0 heterocycles. The van der Waals surface area contributed by atoms with E-state index in [2.05, 4.69) is 5.32 Å². The number of rotatable bonds is 5. The van der Waals surface area contributed by atoms with E-state index in [1.54, 1.807) is 6.92 Å². The van der Waals surface area contributed by atoms with Gasteiger partial charge in [-0.3, -0.25) is 4.79 Å². The first-order chi connectivity index (χ1) is 9.45. The zero-order valence-corrected chi connectivity index (χ0v) is 11.6. The van der Waals surface area contributed by atoms with Crippen LogP contribution in [0.15, 0.2) is 18.2 Å². The molecule has 1 amide bonds. The van der Waals surface area contributed by atoms with E-state index in [9.17, 15) is 13.6 Å². The van der Waals surface area contributed by atoms with Gasteiger partial charge in [0.15, 0.2) is 0 Å². The summed E-state index contributed by atoms with van der Waals surface area (Å²) in [5, 5.41) is 11.8. The Balaban J connectivity index is 2.00. The van der Waals surface area contributed by atoms with Crippen molar-refractivity contribution in [1.82, 2.24) is 5.32 Å². The molecule has 1 aliphatic rings. The third-order valence-corrected chi connectivity index (χ3v) is 4.01. The molecule has 1 saturated carbocycles. The Bertz CT molecular complexity index is 486. The third kappa shape index (κ3) is 2.98. The van der Waals surface area contributed by atoms with E-state index in [-0.39, 0.29) is 41.9 Å². The van der Waals surface area contributed by atoms with Crippen LogP contribution in [0.25, 0.3) is 0 Å². The largest absolute Gasteiger partial charge is 0.396 e. The molecule has 1 aromatic carbocycles. The number of benzene rings is 1. The molecule has 0 spiro atoms. The molecule has 2 rings (SSSR count). The normalized spacial score (nSPS) is 24.1. The monoisotopic (exact) mass is 283 g/mol. The van der Waals surface area contributed by atoms with E-state index >= 15 is 0 Å². The highest BCUT2D eigenvalue weighted by Gasteiger charge is 2.46. The molecule has 5 heteroatoms. The maximum Gasteiger partial charge on any atom is 0.223 e. The predicted molar refractivity (Wildman–Crippen MR) is 71.1 cm³/mol. The maximum atomic E-state index is 13.6. The number of carbonyl (C=O) groups excluding carboxylic acids is 1. The van der Waals surface area contributed by atoms with Crippen LogP contribution in [0.4, 0.5) is 8.78 Å². The Morgan fingerprint density at radius 2 is 2.00 bits per heavy atom. The molecule has 4 atom stereocenters. The van der Waals surface area contributed by atoms with Crippen LogP contribution >= 0.6 is 0 Å². The number of hydrogen-bond donors (Lipinski definition) is 2. The zero-order valence-electron chi connectivity index (χ0n) is 11.6. The Kier molecular flexibility index (Phi) is 4.38. The van der Waals surface area contributed by atoms with E-state index in [0.29, 0.717) is 6.42 Å². The number of amides is 1. The van der Waals surface area contributed by atoms with Crippen LogP contribution in [-0.4, -0.2) is 23.7 Å². The fourth-order valence-electron chi connectivity index (χ4n) is 2.30. The number of aliphatic hydroxyl groups is 1. The fraction of sp³-hybridized carbons (Fsp3) is 0.533. The SMILES string of the molecule is CC(CO)C(C)NC(=O)C1CC1c1c(F)cccc1F. The topological polar surface area (TPSA) is 49.3 Å². The molecule has 1 aromatic rings. The Hall–Kier alpha value is -1.49. The van der Waals surface area contributed by atoms with Crippen molar-refractivity contribution < 1.29 is 18.7 Å². The second-order valence-corrected chi connectivity index (χ2v) is 5.54. The fourth-order valence-corrected chi connectivity index (χ4v) is 2.30. The molecular formula is C15H19F2NO2. The standard InChI is InChI=1S/C15H19F2NO2/c1-8(7-19)9(2)18-15(20)11-6-10(11)14-12(16)4-3-5-13(14)17/h3-5,8-11,19H,6-7H2,1-2H3,(H,18,20). The first-order valence-corrected chi connectivity index (χ1v) is 6.80. The highest BCUT2D eigenvalue weighted by atomic mass is 19.1. The summed E-state index contributed by atoms with van der Waals surface area (Å²) in [4.78, 5) is 12.0. The van der Waals surface area contributed by atoms with Gasteiger partial charge in [0.2, 0.25) is 5.91 Å². The summed E-state index contributed by atoms with van der Waals surface area (Å²) in [7, 11) is 0. The lowest BCUT2D eigenvalue weighted by Crippen LogP contribution is -2.39. The van der Waals surface area contributed by atoms with Gasteiger partial charge in [-0.2, -0.15) is 0 Å². The van der Waals surface area contributed by atoms with Crippen molar-refractivity contribution in [3.63, 3.8) is 0 Å². The highest BCUT2D eigenvalue weighted by molar-refractivity contribution is 5.83. The summed E-state index contributed by atoms with van der Waals surface area (Å²) < 4.78 is 27.2. The quantitative estimate of drug-likeness (QED) is 0.870. The van der Waals surface area contributed by atoms with E-state index in [0.717, 1.165) is 0 Å². The van der Waals surface area contributed by atoms with Crippen molar-refractivity contribution in [2.24, 2.45) is 11.8 Å². The molecule has 0 aromatic heterocycles. The lowest BCUT2D eigenvalue weighted by Gasteiger charge is -2.19.